The highest BCUT2D eigenvalue weighted by molar-refractivity contribution is 7.92. The van der Waals surface area contributed by atoms with Gasteiger partial charge in [0.15, 0.2) is 11.5 Å². The molecule has 0 unspecified atom stereocenters. The number of nitrogens with one attached hydrogen (secondary N) is 1. The van der Waals surface area contributed by atoms with Gasteiger partial charge in [0.25, 0.3) is 15.9 Å². The van der Waals surface area contributed by atoms with Crippen LogP contribution in [0.1, 0.15) is 29.8 Å². The molecule has 0 bridgehead atoms. The first-order valence-electron chi connectivity index (χ1n) is 10.6. The summed E-state index contributed by atoms with van der Waals surface area (Å²) < 4.78 is 38.7. The van der Waals surface area contributed by atoms with Crippen LogP contribution in [0, 0.1) is 0 Å². The maximum absolute atomic E-state index is 13.1. The molecule has 0 saturated heterocycles. The van der Waals surface area contributed by atoms with E-state index in [1.807, 2.05) is 32.0 Å². The zero-order valence-electron chi connectivity index (χ0n) is 18.9. The standard InChI is InChI=1S/C25H28N2O5S/c1-4-27(18-19-11-16-23(32-5-2)24(17-19)31-3)25(28)20-12-14-22(15-13-20)33(29,30)26-21-9-7-6-8-10-21/h6-17,26H,4-5,18H2,1-3H3. The molecule has 0 fully saturated rings. The molecule has 3 aromatic rings. The normalized spacial score (nSPS) is 11.0. The van der Waals surface area contributed by atoms with E-state index in [4.69, 9.17) is 9.47 Å². The molecule has 0 saturated carbocycles. The molecule has 33 heavy (non-hydrogen) atoms. The first-order chi connectivity index (χ1) is 15.9. The molecule has 0 aromatic heterocycles. The van der Waals surface area contributed by atoms with E-state index < -0.39 is 10.0 Å². The molecule has 3 rings (SSSR count). The Labute approximate surface area is 195 Å². The van der Waals surface area contributed by atoms with Crippen molar-refractivity contribution in [2.75, 3.05) is 25.0 Å². The summed E-state index contributed by atoms with van der Waals surface area (Å²) in [4.78, 5) is 14.8. The van der Waals surface area contributed by atoms with Crippen molar-refractivity contribution in [3.63, 3.8) is 0 Å². The highest BCUT2D eigenvalue weighted by Crippen LogP contribution is 2.28. The van der Waals surface area contributed by atoms with Crippen LogP contribution in [0.2, 0.25) is 0 Å². The molecule has 0 heterocycles. The SMILES string of the molecule is CCOc1ccc(CN(CC)C(=O)c2ccc(S(=O)(=O)Nc3ccccc3)cc2)cc1OC. The number of carbonyl (C=O) groups excluding carboxylic acids is 1. The summed E-state index contributed by atoms with van der Waals surface area (Å²) in [6, 6.07) is 20.2. The maximum Gasteiger partial charge on any atom is 0.261 e. The maximum atomic E-state index is 13.1. The summed E-state index contributed by atoms with van der Waals surface area (Å²) >= 11 is 0. The molecule has 3 aromatic carbocycles. The Hall–Kier alpha value is -3.52. The molecular formula is C25H28N2O5S. The van der Waals surface area contributed by atoms with E-state index in [1.165, 1.54) is 24.3 Å². The minimum Gasteiger partial charge on any atom is -0.493 e. The molecule has 7 nitrogen and oxygen atoms in total. The molecule has 0 spiro atoms. The van der Waals surface area contributed by atoms with Gasteiger partial charge in [-0.3, -0.25) is 9.52 Å². The van der Waals surface area contributed by atoms with Crippen molar-refractivity contribution in [3.05, 3.63) is 83.9 Å². The van der Waals surface area contributed by atoms with Crippen LogP contribution in [-0.4, -0.2) is 39.5 Å². The zero-order valence-corrected chi connectivity index (χ0v) is 19.8. The van der Waals surface area contributed by atoms with E-state index >= 15 is 0 Å². The van der Waals surface area contributed by atoms with Crippen LogP contribution in [0.25, 0.3) is 0 Å². The molecule has 0 aliphatic heterocycles. The Morgan fingerprint density at radius 3 is 2.24 bits per heavy atom. The Balaban J connectivity index is 1.74. The summed E-state index contributed by atoms with van der Waals surface area (Å²) in [5.74, 6) is 1.07. The predicted octanol–water partition coefficient (Wildman–Crippen LogP) is 4.56. The summed E-state index contributed by atoms with van der Waals surface area (Å²) in [5, 5.41) is 0. The number of hydrogen-bond donors (Lipinski definition) is 1. The van der Waals surface area contributed by atoms with Gasteiger partial charge in [-0.25, -0.2) is 8.42 Å². The minimum absolute atomic E-state index is 0.0854. The highest BCUT2D eigenvalue weighted by atomic mass is 32.2. The number of hydrogen-bond acceptors (Lipinski definition) is 5. The Kier molecular flexibility index (Phi) is 7.95. The van der Waals surface area contributed by atoms with Gasteiger partial charge in [0.1, 0.15) is 0 Å². The lowest BCUT2D eigenvalue weighted by Gasteiger charge is -2.22. The summed E-state index contributed by atoms with van der Waals surface area (Å²) in [6.07, 6.45) is 0. The summed E-state index contributed by atoms with van der Waals surface area (Å²) in [7, 11) is -2.17. The lowest BCUT2D eigenvalue weighted by atomic mass is 10.1. The van der Waals surface area contributed by atoms with E-state index in [2.05, 4.69) is 4.72 Å². The second-order valence-electron chi connectivity index (χ2n) is 7.23. The molecule has 1 N–H and O–H groups in total. The van der Waals surface area contributed by atoms with Crippen LogP contribution in [0.3, 0.4) is 0 Å². The van der Waals surface area contributed by atoms with E-state index in [-0.39, 0.29) is 10.8 Å². The average Bonchev–Trinajstić information content (AvgIpc) is 2.83. The van der Waals surface area contributed by atoms with Crippen molar-refractivity contribution < 1.29 is 22.7 Å². The number of amides is 1. The number of ether oxygens (including phenoxy) is 2. The van der Waals surface area contributed by atoms with E-state index in [9.17, 15) is 13.2 Å². The van der Waals surface area contributed by atoms with Gasteiger partial charge in [-0.15, -0.1) is 0 Å². The van der Waals surface area contributed by atoms with Crippen LogP contribution >= 0.6 is 0 Å². The van der Waals surface area contributed by atoms with Gasteiger partial charge in [0.2, 0.25) is 0 Å². The second kappa shape index (κ2) is 10.9. The summed E-state index contributed by atoms with van der Waals surface area (Å²) in [5.41, 5.74) is 1.78. The van der Waals surface area contributed by atoms with Crippen molar-refractivity contribution in [1.82, 2.24) is 4.90 Å². The van der Waals surface area contributed by atoms with Gasteiger partial charge in [-0.2, -0.15) is 0 Å². The Bertz CT molecular complexity index is 1180. The first-order valence-corrected chi connectivity index (χ1v) is 12.1. The van der Waals surface area contributed by atoms with Gasteiger partial charge < -0.3 is 14.4 Å². The molecular weight excluding hydrogens is 440 g/mol. The molecule has 0 atom stereocenters. The largest absolute Gasteiger partial charge is 0.493 e. The van der Waals surface area contributed by atoms with Gasteiger partial charge in [0.05, 0.1) is 18.6 Å². The van der Waals surface area contributed by atoms with Gasteiger partial charge in [0, 0.05) is 24.3 Å². The monoisotopic (exact) mass is 468 g/mol. The van der Waals surface area contributed by atoms with Crippen molar-refractivity contribution in [3.8, 4) is 11.5 Å². The fourth-order valence-corrected chi connectivity index (χ4v) is 4.37. The number of benzene rings is 3. The summed E-state index contributed by atoms with van der Waals surface area (Å²) in [6.45, 7) is 5.20. The van der Waals surface area contributed by atoms with Crippen LogP contribution < -0.4 is 14.2 Å². The molecule has 1 amide bonds. The predicted molar refractivity (Wildman–Crippen MR) is 128 cm³/mol. The topological polar surface area (TPSA) is 84.9 Å². The molecule has 0 aliphatic carbocycles. The zero-order chi connectivity index (χ0) is 23.8. The molecule has 0 aliphatic rings. The van der Waals surface area contributed by atoms with Crippen LogP contribution in [-0.2, 0) is 16.6 Å². The van der Waals surface area contributed by atoms with Crippen molar-refractivity contribution >= 4 is 21.6 Å². The van der Waals surface area contributed by atoms with Crippen molar-refractivity contribution in [1.29, 1.82) is 0 Å². The van der Waals surface area contributed by atoms with E-state index in [0.717, 1.165) is 5.56 Å². The van der Waals surface area contributed by atoms with Crippen molar-refractivity contribution in [2.45, 2.75) is 25.3 Å². The van der Waals surface area contributed by atoms with E-state index in [0.29, 0.717) is 42.4 Å². The van der Waals surface area contributed by atoms with E-state index in [1.54, 1.807) is 42.3 Å². The number of carbonyl (C=O) groups is 1. The van der Waals surface area contributed by atoms with Gasteiger partial charge >= 0.3 is 0 Å². The van der Waals surface area contributed by atoms with Crippen LogP contribution in [0.5, 0.6) is 11.5 Å². The second-order valence-corrected chi connectivity index (χ2v) is 8.92. The number of nitrogens with zero attached hydrogens (tertiary/aromatic N) is 1. The lowest BCUT2D eigenvalue weighted by molar-refractivity contribution is 0.0752. The number of para-hydroxylation sites is 1. The number of rotatable bonds is 10. The van der Waals surface area contributed by atoms with Crippen LogP contribution in [0.15, 0.2) is 77.7 Å². The minimum atomic E-state index is -3.75. The molecule has 174 valence electrons. The fourth-order valence-electron chi connectivity index (χ4n) is 3.31. The third kappa shape index (κ3) is 6.04. The highest BCUT2D eigenvalue weighted by Gasteiger charge is 2.18. The molecule has 0 radical (unpaired) electrons. The number of methoxy groups -OCH3 is 1. The van der Waals surface area contributed by atoms with Gasteiger partial charge in [-0.1, -0.05) is 24.3 Å². The Morgan fingerprint density at radius 2 is 1.64 bits per heavy atom. The smallest absolute Gasteiger partial charge is 0.261 e. The number of sulfonamides is 1. The molecule has 8 heteroatoms. The Morgan fingerprint density at radius 1 is 0.939 bits per heavy atom. The quantitative estimate of drug-likeness (QED) is 0.472. The third-order valence-electron chi connectivity index (χ3n) is 5.01. The van der Waals surface area contributed by atoms with Crippen molar-refractivity contribution in [2.24, 2.45) is 0 Å². The van der Waals surface area contributed by atoms with Crippen LogP contribution in [0.4, 0.5) is 5.69 Å². The fraction of sp³-hybridized carbons (Fsp3) is 0.240. The van der Waals surface area contributed by atoms with Gasteiger partial charge in [-0.05, 0) is 67.9 Å². The third-order valence-corrected chi connectivity index (χ3v) is 6.41. The average molecular weight is 469 g/mol. The number of anilines is 1. The lowest BCUT2D eigenvalue weighted by Crippen LogP contribution is -2.30. The first kappa shape index (κ1) is 24.1.